The van der Waals surface area contributed by atoms with Crippen LogP contribution in [0, 0.1) is 0 Å². The molecule has 4 saturated heterocycles. The van der Waals surface area contributed by atoms with Crippen LogP contribution in [0.5, 0.6) is 0 Å². The van der Waals surface area contributed by atoms with E-state index in [9.17, 15) is 58.7 Å². The summed E-state index contributed by atoms with van der Waals surface area (Å²) >= 11 is 0. The highest BCUT2D eigenvalue weighted by Gasteiger charge is 2.36. The molecule has 4 atom stereocenters. The predicted octanol–water partition coefficient (Wildman–Crippen LogP) is 9.84. The molecule has 18 heteroatoms. The standard InChI is InChI=1S/C13H18N2O.3C12H12F3NO/c1-15(2)12-6-3-10(4-7-12)11-5-8-13(16)14-9-11;13-12(14,15)10-4-1-8(2-5-10)9-3-6-11(17)16-7-9;13-12(14,15)10-3-1-2-8(6-10)9-4-5-11(17)16-7-9;13-12(14,15)10-4-2-1-3-9(10)8-5-6-11(17)16-7-8/h3-4,6-7,11H,5,8-9H2,1-2H3,(H,14,16);1-2,4-5,9H,3,6-7H2,(H,16,17);1-3,6,9H,4-5,7H2,(H,16,17);1-4,8H,5-7H2,(H,16,17). The van der Waals surface area contributed by atoms with Crippen LogP contribution >= 0.6 is 0 Å². The van der Waals surface area contributed by atoms with Gasteiger partial charge in [-0.05, 0) is 84.3 Å². The normalized spacial score (nSPS) is 20.9. The first-order valence-electron chi connectivity index (χ1n) is 21.9. The van der Waals surface area contributed by atoms with E-state index in [-0.39, 0.29) is 59.9 Å². The van der Waals surface area contributed by atoms with Crippen LogP contribution in [0.3, 0.4) is 0 Å². The molecule has 362 valence electrons. The summed E-state index contributed by atoms with van der Waals surface area (Å²) in [5, 5.41) is 10.9. The molecule has 9 nitrogen and oxygen atoms in total. The minimum absolute atomic E-state index is 0.00756. The minimum atomic E-state index is -4.34. The molecule has 4 fully saturated rings. The van der Waals surface area contributed by atoms with Crippen molar-refractivity contribution in [3.63, 3.8) is 0 Å². The molecule has 8 rings (SSSR count). The molecular weight excluding hydrogens is 894 g/mol. The first-order chi connectivity index (χ1) is 31.6. The minimum Gasteiger partial charge on any atom is -0.378 e. The summed E-state index contributed by atoms with van der Waals surface area (Å²) < 4.78 is 113. The van der Waals surface area contributed by atoms with Crippen molar-refractivity contribution in [2.45, 2.75) is 93.6 Å². The van der Waals surface area contributed by atoms with Gasteiger partial charge in [0.05, 0.1) is 16.7 Å². The van der Waals surface area contributed by atoms with Crippen LogP contribution in [0.1, 0.15) is 114 Å². The number of benzene rings is 4. The Morgan fingerprint density at radius 2 is 0.836 bits per heavy atom. The fraction of sp³-hybridized carbons (Fsp3) is 0.429. The van der Waals surface area contributed by atoms with Gasteiger partial charge in [0, 0.05) is 95.3 Å². The maximum atomic E-state index is 12.8. The third kappa shape index (κ3) is 15.8. The maximum absolute atomic E-state index is 12.8. The molecule has 0 saturated carbocycles. The van der Waals surface area contributed by atoms with Crippen molar-refractivity contribution in [2.75, 3.05) is 45.2 Å². The van der Waals surface area contributed by atoms with Crippen LogP contribution in [-0.2, 0) is 37.7 Å². The van der Waals surface area contributed by atoms with Gasteiger partial charge in [0.25, 0.3) is 0 Å². The summed E-state index contributed by atoms with van der Waals surface area (Å²) in [6.07, 6.45) is -8.45. The Bertz CT molecular complexity index is 2240. The summed E-state index contributed by atoms with van der Waals surface area (Å²) in [6, 6.07) is 24.6. The summed E-state index contributed by atoms with van der Waals surface area (Å²) in [7, 11) is 4.08. The zero-order valence-electron chi connectivity index (χ0n) is 37.0. The van der Waals surface area contributed by atoms with E-state index < -0.39 is 35.2 Å². The van der Waals surface area contributed by atoms with Crippen LogP contribution in [0.4, 0.5) is 45.2 Å². The number of piperidine rings is 4. The monoisotopic (exact) mass is 947 g/mol. The van der Waals surface area contributed by atoms with Gasteiger partial charge in [-0.1, -0.05) is 60.7 Å². The molecule has 67 heavy (non-hydrogen) atoms. The number of carbonyl (C=O) groups excluding carboxylic acids is 4. The molecule has 4 aliphatic heterocycles. The van der Waals surface area contributed by atoms with Crippen LogP contribution in [-0.4, -0.2) is 63.9 Å². The third-order valence-corrected chi connectivity index (χ3v) is 12.0. The molecule has 0 aliphatic carbocycles. The Morgan fingerprint density at radius 3 is 1.22 bits per heavy atom. The van der Waals surface area contributed by atoms with E-state index in [1.807, 2.05) is 14.1 Å². The summed E-state index contributed by atoms with van der Waals surface area (Å²) in [6.45, 7) is 1.98. The SMILES string of the molecule is CN(C)c1ccc(C2CCC(=O)NC2)cc1.O=C1CCC(c2ccc(C(F)(F)F)cc2)CN1.O=C1CCC(c2cccc(C(F)(F)F)c2)CN1.O=C1CCC(c2ccccc2C(F)(F)F)CN1. The summed E-state index contributed by atoms with van der Waals surface area (Å²) in [5.74, 6) is 0.401. The van der Waals surface area contributed by atoms with E-state index in [2.05, 4.69) is 50.4 Å². The molecule has 4 unspecified atom stereocenters. The van der Waals surface area contributed by atoms with Crippen molar-refractivity contribution in [3.8, 4) is 0 Å². The average molecular weight is 948 g/mol. The molecule has 4 aromatic carbocycles. The molecule has 4 amide bonds. The lowest BCUT2D eigenvalue weighted by Crippen LogP contribution is -2.34. The lowest BCUT2D eigenvalue weighted by atomic mass is 9.88. The maximum Gasteiger partial charge on any atom is 0.416 e. The molecule has 0 radical (unpaired) electrons. The lowest BCUT2D eigenvalue weighted by Gasteiger charge is -2.25. The summed E-state index contributed by atoms with van der Waals surface area (Å²) in [5.41, 5.74) is 2.43. The Hall–Kier alpha value is -6.07. The number of anilines is 1. The number of halogens is 9. The highest BCUT2D eigenvalue weighted by molar-refractivity contribution is 5.78. The lowest BCUT2D eigenvalue weighted by molar-refractivity contribution is -0.139. The van der Waals surface area contributed by atoms with Gasteiger partial charge in [-0.2, -0.15) is 39.5 Å². The Kier molecular flexibility index (Phi) is 17.9. The van der Waals surface area contributed by atoms with E-state index in [4.69, 9.17) is 0 Å². The number of nitrogens with one attached hydrogen (secondary N) is 4. The van der Waals surface area contributed by atoms with Gasteiger partial charge in [-0.25, -0.2) is 0 Å². The van der Waals surface area contributed by atoms with Gasteiger partial charge < -0.3 is 26.2 Å². The fourth-order valence-electron chi connectivity index (χ4n) is 8.12. The van der Waals surface area contributed by atoms with E-state index in [1.54, 1.807) is 12.1 Å². The van der Waals surface area contributed by atoms with Gasteiger partial charge in [0.2, 0.25) is 23.6 Å². The number of hydrogen-bond donors (Lipinski definition) is 4. The van der Waals surface area contributed by atoms with Crippen molar-refractivity contribution < 1.29 is 58.7 Å². The second-order valence-electron chi connectivity index (χ2n) is 17.0. The number of hydrogen-bond acceptors (Lipinski definition) is 5. The van der Waals surface area contributed by atoms with E-state index in [0.29, 0.717) is 63.1 Å². The van der Waals surface area contributed by atoms with Crippen LogP contribution < -0.4 is 26.2 Å². The van der Waals surface area contributed by atoms with E-state index >= 15 is 0 Å². The molecule has 4 heterocycles. The smallest absolute Gasteiger partial charge is 0.378 e. The second-order valence-corrected chi connectivity index (χ2v) is 17.0. The first-order valence-corrected chi connectivity index (χ1v) is 21.9. The topological polar surface area (TPSA) is 120 Å². The van der Waals surface area contributed by atoms with E-state index in [1.165, 1.54) is 47.6 Å². The number of alkyl halides is 9. The fourth-order valence-corrected chi connectivity index (χ4v) is 8.12. The molecule has 0 bridgehead atoms. The zero-order valence-corrected chi connectivity index (χ0v) is 37.0. The Morgan fingerprint density at radius 1 is 0.433 bits per heavy atom. The second kappa shape index (κ2) is 23.1. The highest BCUT2D eigenvalue weighted by Crippen LogP contribution is 2.38. The zero-order chi connectivity index (χ0) is 48.9. The average Bonchev–Trinajstić information content (AvgIpc) is 3.30. The van der Waals surface area contributed by atoms with Crippen LogP contribution in [0.25, 0.3) is 0 Å². The van der Waals surface area contributed by atoms with Gasteiger partial charge in [-0.15, -0.1) is 0 Å². The number of amides is 4. The quantitative estimate of drug-likeness (QED) is 0.149. The molecule has 0 spiro atoms. The van der Waals surface area contributed by atoms with Crippen LogP contribution in [0.2, 0.25) is 0 Å². The first kappa shape index (κ1) is 51.9. The summed E-state index contributed by atoms with van der Waals surface area (Å²) in [4.78, 5) is 46.1. The van der Waals surface area contributed by atoms with Crippen molar-refractivity contribution in [1.82, 2.24) is 21.3 Å². The molecular formula is C49H54F9N5O4. The Labute approximate surface area is 383 Å². The Balaban J connectivity index is 0.000000167. The van der Waals surface area contributed by atoms with Crippen molar-refractivity contribution in [1.29, 1.82) is 0 Å². The number of nitrogens with zero attached hydrogens (tertiary/aromatic N) is 1. The van der Waals surface area contributed by atoms with Gasteiger partial charge in [0.15, 0.2) is 0 Å². The largest absolute Gasteiger partial charge is 0.416 e. The van der Waals surface area contributed by atoms with Gasteiger partial charge in [0.1, 0.15) is 0 Å². The molecule has 0 aromatic heterocycles. The van der Waals surface area contributed by atoms with Crippen molar-refractivity contribution in [2.24, 2.45) is 0 Å². The van der Waals surface area contributed by atoms with Crippen LogP contribution in [0.15, 0.2) is 97.1 Å². The van der Waals surface area contributed by atoms with Crippen molar-refractivity contribution >= 4 is 29.3 Å². The van der Waals surface area contributed by atoms with Gasteiger partial charge in [-0.3, -0.25) is 19.2 Å². The van der Waals surface area contributed by atoms with E-state index in [0.717, 1.165) is 42.8 Å². The molecule has 4 aliphatic rings. The predicted molar refractivity (Wildman–Crippen MR) is 235 cm³/mol. The number of carbonyl (C=O) groups is 4. The number of rotatable bonds is 5. The third-order valence-electron chi connectivity index (χ3n) is 12.0. The molecule has 4 aromatic rings. The van der Waals surface area contributed by atoms with Gasteiger partial charge >= 0.3 is 18.5 Å². The molecule has 4 N–H and O–H groups in total. The van der Waals surface area contributed by atoms with Crippen molar-refractivity contribution in [3.05, 3.63) is 136 Å². The highest BCUT2D eigenvalue weighted by atomic mass is 19.4.